The van der Waals surface area contributed by atoms with Crippen molar-refractivity contribution in [3.8, 4) is 28.4 Å². The van der Waals surface area contributed by atoms with Crippen LogP contribution in [0.3, 0.4) is 0 Å². The first-order valence-electron chi connectivity index (χ1n) is 12.6. The molecule has 0 fully saturated rings. The quantitative estimate of drug-likeness (QED) is 0.104. The van der Waals surface area contributed by atoms with Gasteiger partial charge in [0, 0.05) is 28.0 Å². The van der Waals surface area contributed by atoms with Crippen molar-refractivity contribution >= 4 is 53.3 Å². The Hall–Kier alpha value is -5.08. The van der Waals surface area contributed by atoms with E-state index in [1.54, 1.807) is 6.07 Å². The van der Waals surface area contributed by atoms with Gasteiger partial charge in [-0.15, -0.1) is 10.2 Å². The molecule has 0 saturated carbocycles. The molecule has 0 saturated heterocycles. The molecule has 0 bridgehead atoms. The molecule has 0 radical (unpaired) electrons. The van der Waals surface area contributed by atoms with Crippen LogP contribution in [0.1, 0.15) is 0 Å². The van der Waals surface area contributed by atoms with E-state index in [2.05, 4.69) is 20.2 Å². The molecule has 5 aromatic carbocycles. The lowest BCUT2D eigenvalue weighted by atomic mass is 9.99. The largest absolute Gasteiger partial charge is 0.505 e. The summed E-state index contributed by atoms with van der Waals surface area (Å²) in [6.45, 7) is 0. The molecule has 214 valence electrons. The third-order valence-corrected chi connectivity index (χ3v) is 8.37. The van der Waals surface area contributed by atoms with Gasteiger partial charge in [-0.25, -0.2) is 9.97 Å². The Balaban J connectivity index is 1.60. The molecule has 1 aromatic heterocycles. The Labute approximate surface area is 245 Å². The van der Waals surface area contributed by atoms with Gasteiger partial charge in [-0.1, -0.05) is 72.8 Å². The van der Waals surface area contributed by atoms with Gasteiger partial charge in [0.2, 0.25) is 0 Å². The Morgan fingerprint density at radius 3 is 1.67 bits per heavy atom. The SMILES string of the molecule is O=S(=O)(O)c1ccc2c(c1)c(O)c(N=Nc1cc(-c3ccccc3)nc(-c3ccccc3)n1)c1cc(S(=O)(=O)O)ccc12. The van der Waals surface area contributed by atoms with Crippen molar-refractivity contribution in [3.05, 3.63) is 103 Å². The molecule has 0 unspecified atom stereocenters. The molecule has 13 heteroatoms. The summed E-state index contributed by atoms with van der Waals surface area (Å²) in [5.74, 6) is -0.0715. The summed E-state index contributed by atoms with van der Waals surface area (Å²) in [6.07, 6.45) is 0. The fourth-order valence-electron chi connectivity index (χ4n) is 4.65. The molecule has 0 amide bonds. The van der Waals surface area contributed by atoms with E-state index in [1.807, 2.05) is 60.7 Å². The summed E-state index contributed by atoms with van der Waals surface area (Å²) in [7, 11) is -9.25. The molecule has 0 spiro atoms. The van der Waals surface area contributed by atoms with Crippen LogP contribution in [0.15, 0.2) is 123 Å². The van der Waals surface area contributed by atoms with Gasteiger partial charge in [-0.05, 0) is 35.0 Å². The van der Waals surface area contributed by atoms with Crippen LogP contribution in [0, 0.1) is 0 Å². The standard InChI is InChI=1S/C30H20N4O7S2/c35-29-25-16-21(43(39,40)41)12-14-23(25)22-13-11-20(42(36,37)38)15-24(22)28(29)34-33-27-17-26(18-7-3-1-4-8-18)31-30(32-27)19-9-5-2-6-10-19/h1-17,35H,(H,36,37,38)(H,39,40,41). The molecule has 1 heterocycles. The zero-order valence-electron chi connectivity index (χ0n) is 21.9. The van der Waals surface area contributed by atoms with E-state index in [9.17, 15) is 31.0 Å². The molecule has 0 aliphatic heterocycles. The van der Waals surface area contributed by atoms with E-state index in [0.717, 1.165) is 29.8 Å². The molecule has 6 aromatic rings. The number of hydrogen-bond acceptors (Lipinski definition) is 9. The van der Waals surface area contributed by atoms with Crippen molar-refractivity contribution in [1.82, 2.24) is 9.97 Å². The van der Waals surface area contributed by atoms with E-state index >= 15 is 0 Å². The maximum absolute atomic E-state index is 11.9. The molecule has 0 aliphatic carbocycles. The number of hydrogen-bond donors (Lipinski definition) is 3. The maximum atomic E-state index is 11.9. The zero-order chi connectivity index (χ0) is 30.4. The number of fused-ring (bicyclic) bond motifs is 3. The second-order valence-electron chi connectivity index (χ2n) is 9.43. The molecule has 3 N–H and O–H groups in total. The minimum atomic E-state index is -4.63. The third-order valence-electron chi connectivity index (χ3n) is 6.67. The average molecular weight is 613 g/mol. The van der Waals surface area contributed by atoms with Gasteiger partial charge >= 0.3 is 0 Å². The van der Waals surface area contributed by atoms with Gasteiger partial charge in [0.15, 0.2) is 17.4 Å². The molecule has 0 aliphatic rings. The minimum Gasteiger partial charge on any atom is -0.505 e. The van der Waals surface area contributed by atoms with Gasteiger partial charge < -0.3 is 5.11 Å². The zero-order valence-corrected chi connectivity index (χ0v) is 23.5. The predicted octanol–water partition coefficient (Wildman–Crippen LogP) is 6.73. The summed E-state index contributed by atoms with van der Waals surface area (Å²) in [6, 6.07) is 27.3. The smallest absolute Gasteiger partial charge is 0.294 e. The number of phenols is 1. The van der Waals surface area contributed by atoms with Crippen LogP contribution >= 0.6 is 0 Å². The summed E-state index contributed by atoms with van der Waals surface area (Å²) in [5.41, 5.74) is 1.82. The Kier molecular flexibility index (Phi) is 6.94. The first-order chi connectivity index (χ1) is 20.5. The fraction of sp³-hybridized carbons (Fsp3) is 0. The van der Waals surface area contributed by atoms with Crippen molar-refractivity contribution in [3.63, 3.8) is 0 Å². The molecule has 6 rings (SSSR count). The van der Waals surface area contributed by atoms with Crippen LogP contribution in [-0.4, -0.2) is 41.0 Å². The highest BCUT2D eigenvalue weighted by molar-refractivity contribution is 7.86. The number of azo groups is 1. The summed E-state index contributed by atoms with van der Waals surface area (Å²) < 4.78 is 66.8. The van der Waals surface area contributed by atoms with Crippen molar-refractivity contribution in [2.24, 2.45) is 10.2 Å². The number of benzene rings is 5. The first kappa shape index (κ1) is 28.1. The average Bonchev–Trinajstić information content (AvgIpc) is 3.00. The molecule has 11 nitrogen and oxygen atoms in total. The first-order valence-corrected chi connectivity index (χ1v) is 15.5. The van der Waals surface area contributed by atoms with Crippen LogP contribution < -0.4 is 0 Å². The highest BCUT2D eigenvalue weighted by Gasteiger charge is 2.20. The second-order valence-corrected chi connectivity index (χ2v) is 12.3. The molecule has 0 atom stereocenters. The predicted molar refractivity (Wildman–Crippen MR) is 160 cm³/mol. The molecular weight excluding hydrogens is 592 g/mol. The van der Waals surface area contributed by atoms with Gasteiger partial charge in [0.05, 0.1) is 15.5 Å². The fourth-order valence-corrected chi connectivity index (χ4v) is 5.66. The van der Waals surface area contributed by atoms with E-state index in [4.69, 9.17) is 0 Å². The Bertz CT molecular complexity index is 2240. The number of aromatic hydroxyl groups is 1. The lowest BCUT2D eigenvalue weighted by Gasteiger charge is -2.12. The van der Waals surface area contributed by atoms with Crippen molar-refractivity contribution in [2.45, 2.75) is 9.79 Å². The van der Waals surface area contributed by atoms with Crippen LogP contribution in [0.25, 0.3) is 44.2 Å². The van der Waals surface area contributed by atoms with Crippen LogP contribution in [0.2, 0.25) is 0 Å². The number of aromatic nitrogens is 2. The summed E-state index contributed by atoms with van der Waals surface area (Å²) in [5, 5.41) is 20.6. The van der Waals surface area contributed by atoms with Gasteiger partial charge in [0.1, 0.15) is 5.69 Å². The van der Waals surface area contributed by atoms with Crippen LogP contribution in [0.5, 0.6) is 5.75 Å². The maximum Gasteiger partial charge on any atom is 0.294 e. The Morgan fingerprint density at radius 1 is 0.558 bits per heavy atom. The summed E-state index contributed by atoms with van der Waals surface area (Å²) >= 11 is 0. The van der Waals surface area contributed by atoms with Crippen LogP contribution in [-0.2, 0) is 20.2 Å². The molecule has 43 heavy (non-hydrogen) atoms. The van der Waals surface area contributed by atoms with E-state index in [1.165, 1.54) is 12.1 Å². The monoisotopic (exact) mass is 612 g/mol. The topological polar surface area (TPSA) is 179 Å². The lowest BCUT2D eigenvalue weighted by molar-refractivity contribution is 0.479. The number of phenolic OH excluding ortho intramolecular Hbond substituents is 1. The molecular formula is C30H20N4O7S2. The van der Waals surface area contributed by atoms with Crippen molar-refractivity contribution in [2.75, 3.05) is 0 Å². The highest BCUT2D eigenvalue weighted by atomic mass is 32.2. The van der Waals surface area contributed by atoms with Crippen molar-refractivity contribution in [1.29, 1.82) is 0 Å². The number of rotatable bonds is 6. The van der Waals surface area contributed by atoms with E-state index in [-0.39, 0.29) is 22.3 Å². The number of nitrogens with zero attached hydrogens (tertiary/aromatic N) is 4. The Morgan fingerprint density at radius 2 is 1.09 bits per heavy atom. The lowest BCUT2D eigenvalue weighted by Crippen LogP contribution is -1.99. The van der Waals surface area contributed by atoms with Crippen LogP contribution in [0.4, 0.5) is 11.5 Å². The highest BCUT2D eigenvalue weighted by Crippen LogP contribution is 2.45. The van der Waals surface area contributed by atoms with Gasteiger partial charge in [-0.2, -0.15) is 16.8 Å². The van der Waals surface area contributed by atoms with E-state index < -0.39 is 35.8 Å². The van der Waals surface area contributed by atoms with Crippen molar-refractivity contribution < 1.29 is 31.0 Å². The third kappa shape index (κ3) is 5.57. The second kappa shape index (κ2) is 10.6. The van der Waals surface area contributed by atoms with Gasteiger partial charge in [0.25, 0.3) is 20.2 Å². The van der Waals surface area contributed by atoms with E-state index in [0.29, 0.717) is 27.9 Å². The normalized spacial score (nSPS) is 12.3. The van der Waals surface area contributed by atoms with Gasteiger partial charge in [-0.3, -0.25) is 9.11 Å². The minimum absolute atomic E-state index is 0.00816. The summed E-state index contributed by atoms with van der Waals surface area (Å²) in [4.78, 5) is 8.27.